The molecule has 1 heterocycles. The highest BCUT2D eigenvalue weighted by Gasteiger charge is 2.23. The monoisotopic (exact) mass is 288 g/mol. The number of hydrogen-bond acceptors (Lipinski definition) is 4. The van der Waals surface area contributed by atoms with Crippen LogP contribution < -0.4 is 16.8 Å². The number of aromatic nitrogens is 1. The molecule has 5 N–H and O–H groups in total. The Balaban J connectivity index is 1.94. The van der Waals surface area contributed by atoms with Gasteiger partial charge in [-0.15, -0.1) is 0 Å². The number of guanidine groups is 1. The lowest BCUT2D eigenvalue weighted by molar-refractivity contribution is 0.0920. The second-order valence-electron chi connectivity index (χ2n) is 5.11. The Hall–Kier alpha value is -2.44. The van der Waals surface area contributed by atoms with Gasteiger partial charge < -0.3 is 16.8 Å². The van der Waals surface area contributed by atoms with Crippen molar-refractivity contribution in [2.45, 2.75) is 37.8 Å². The van der Waals surface area contributed by atoms with Crippen LogP contribution in [0.3, 0.4) is 0 Å². The average Bonchev–Trinajstić information content (AvgIpc) is 2.48. The lowest BCUT2D eigenvalue weighted by atomic mass is 9.91. The van der Waals surface area contributed by atoms with E-state index in [1.54, 1.807) is 12.1 Å². The summed E-state index contributed by atoms with van der Waals surface area (Å²) in [5.41, 5.74) is 12.0. The Morgan fingerprint density at radius 1 is 1.43 bits per heavy atom. The molecule has 1 amide bonds. The number of anilines is 1. The van der Waals surface area contributed by atoms with Crippen LogP contribution in [-0.4, -0.2) is 35.7 Å². The summed E-state index contributed by atoms with van der Waals surface area (Å²) in [6.07, 6.45) is 5.08. The minimum absolute atomic E-state index is 0.0666. The van der Waals surface area contributed by atoms with E-state index >= 15 is 0 Å². The first kappa shape index (κ1) is 15.0. The first-order valence-electron chi connectivity index (χ1n) is 6.91. The van der Waals surface area contributed by atoms with Gasteiger partial charge in [-0.3, -0.25) is 4.79 Å². The minimum Gasteiger partial charge on any atom is -0.397 e. The molecule has 0 radical (unpaired) electrons. The summed E-state index contributed by atoms with van der Waals surface area (Å²) in [6, 6.07) is 3.42. The zero-order valence-corrected chi connectivity index (χ0v) is 11.8. The van der Waals surface area contributed by atoms with Crippen molar-refractivity contribution in [3.05, 3.63) is 24.0 Å². The Bertz CT molecular complexity index is 539. The molecule has 2 atom stereocenters. The van der Waals surface area contributed by atoms with Crippen LogP contribution in [0, 0.1) is 0 Å². The first-order valence-corrected chi connectivity index (χ1v) is 6.91. The predicted octanol–water partition coefficient (Wildman–Crippen LogP) is 0.720. The molecule has 1 aromatic rings. The Morgan fingerprint density at radius 3 is 2.90 bits per heavy atom. The van der Waals surface area contributed by atoms with Gasteiger partial charge in [0.15, 0.2) is 0 Å². The topological polar surface area (TPSA) is 119 Å². The molecule has 0 aliphatic heterocycles. The van der Waals surface area contributed by atoms with Crippen LogP contribution in [0.2, 0.25) is 0 Å². The predicted molar refractivity (Wildman–Crippen MR) is 83.3 cm³/mol. The number of rotatable bonds is 3. The molecule has 0 saturated heterocycles. The third-order valence-corrected chi connectivity index (χ3v) is 3.48. The fourth-order valence-electron chi connectivity index (χ4n) is 2.44. The molecule has 1 aromatic heterocycles. The van der Waals surface area contributed by atoms with E-state index in [0.29, 0.717) is 11.4 Å². The van der Waals surface area contributed by atoms with Crippen LogP contribution in [0.1, 0.15) is 36.2 Å². The lowest BCUT2D eigenvalue weighted by Crippen LogP contribution is -2.40. The summed E-state index contributed by atoms with van der Waals surface area (Å²) >= 11 is 0. The van der Waals surface area contributed by atoms with Crippen molar-refractivity contribution < 1.29 is 4.79 Å². The van der Waals surface area contributed by atoms with Gasteiger partial charge in [0, 0.05) is 6.04 Å². The number of carbonyl (C=O) groups excluding carboxylic acids is 1. The number of aliphatic imine (C=N–C) groups is 2. The van der Waals surface area contributed by atoms with Crippen LogP contribution in [0.15, 0.2) is 28.3 Å². The van der Waals surface area contributed by atoms with E-state index in [1.807, 2.05) is 0 Å². The number of pyridine rings is 1. The highest BCUT2D eigenvalue weighted by molar-refractivity contribution is 5.92. The first-order chi connectivity index (χ1) is 10.1. The molecule has 0 aromatic carbocycles. The summed E-state index contributed by atoms with van der Waals surface area (Å²) in [5, 5.41) is 2.98. The molecule has 21 heavy (non-hydrogen) atoms. The summed E-state index contributed by atoms with van der Waals surface area (Å²) < 4.78 is 0. The summed E-state index contributed by atoms with van der Waals surface area (Å²) in [5.74, 6) is 0.00613. The lowest BCUT2D eigenvalue weighted by Gasteiger charge is -2.27. The third-order valence-electron chi connectivity index (χ3n) is 3.48. The number of nitrogens with one attached hydrogen (secondary N) is 1. The Morgan fingerprint density at radius 2 is 2.24 bits per heavy atom. The maximum atomic E-state index is 12.1. The van der Waals surface area contributed by atoms with Crippen LogP contribution in [-0.2, 0) is 0 Å². The van der Waals surface area contributed by atoms with Gasteiger partial charge in [-0.2, -0.15) is 0 Å². The molecular weight excluding hydrogens is 268 g/mol. The highest BCUT2D eigenvalue weighted by atomic mass is 16.1. The van der Waals surface area contributed by atoms with E-state index in [0.717, 1.165) is 25.7 Å². The number of nitrogens with zero attached hydrogens (tertiary/aromatic N) is 3. The number of nitrogens with two attached hydrogens (primary N) is 2. The van der Waals surface area contributed by atoms with Gasteiger partial charge in [-0.05, 0) is 44.5 Å². The van der Waals surface area contributed by atoms with Gasteiger partial charge in [0.2, 0.25) is 5.96 Å². The van der Waals surface area contributed by atoms with E-state index in [4.69, 9.17) is 11.5 Å². The fraction of sp³-hybridized carbons (Fsp3) is 0.429. The Labute approximate surface area is 123 Å². The minimum atomic E-state index is -0.195. The van der Waals surface area contributed by atoms with Crippen LogP contribution in [0.5, 0.6) is 0 Å². The molecule has 2 rings (SSSR count). The molecule has 1 saturated carbocycles. The molecule has 0 spiro atoms. The van der Waals surface area contributed by atoms with Gasteiger partial charge in [0.05, 0.1) is 17.9 Å². The molecule has 1 fully saturated rings. The van der Waals surface area contributed by atoms with E-state index in [2.05, 4.69) is 27.0 Å². The molecule has 0 unspecified atom stereocenters. The molecule has 1 aliphatic rings. The second kappa shape index (κ2) is 6.83. The summed E-state index contributed by atoms with van der Waals surface area (Å²) in [6.45, 7) is 3.35. The van der Waals surface area contributed by atoms with Crippen molar-refractivity contribution in [2.24, 2.45) is 15.7 Å². The molecule has 0 bridgehead atoms. The summed E-state index contributed by atoms with van der Waals surface area (Å²) in [4.78, 5) is 24.0. The quantitative estimate of drug-likeness (QED) is 0.560. The van der Waals surface area contributed by atoms with Gasteiger partial charge in [-0.25, -0.2) is 15.0 Å². The van der Waals surface area contributed by atoms with E-state index in [-0.39, 0.29) is 24.0 Å². The molecule has 112 valence electrons. The van der Waals surface area contributed by atoms with Crippen molar-refractivity contribution in [1.82, 2.24) is 10.3 Å². The van der Waals surface area contributed by atoms with Crippen LogP contribution in [0.25, 0.3) is 0 Å². The average molecular weight is 288 g/mol. The maximum Gasteiger partial charge on any atom is 0.270 e. The van der Waals surface area contributed by atoms with Crippen molar-refractivity contribution in [3.8, 4) is 0 Å². The van der Waals surface area contributed by atoms with E-state index < -0.39 is 0 Å². The number of carbonyl (C=O) groups is 1. The third kappa shape index (κ3) is 4.27. The smallest absolute Gasteiger partial charge is 0.270 e. The van der Waals surface area contributed by atoms with E-state index in [1.165, 1.54) is 6.20 Å². The molecule has 7 nitrogen and oxygen atoms in total. The fourth-order valence-corrected chi connectivity index (χ4v) is 2.44. The van der Waals surface area contributed by atoms with Crippen molar-refractivity contribution in [2.75, 3.05) is 5.73 Å². The zero-order valence-electron chi connectivity index (χ0n) is 11.8. The molecule has 1 aliphatic carbocycles. The SMILES string of the molecule is C=NC(N)=N[C@@H]1CCC[C@H](NC(=O)c2ccc(N)cn2)C1. The highest BCUT2D eigenvalue weighted by Crippen LogP contribution is 2.21. The van der Waals surface area contributed by atoms with Gasteiger partial charge in [0.1, 0.15) is 5.69 Å². The number of hydrogen-bond donors (Lipinski definition) is 3. The van der Waals surface area contributed by atoms with Crippen molar-refractivity contribution >= 4 is 24.3 Å². The number of amides is 1. The Kier molecular flexibility index (Phi) is 4.86. The maximum absolute atomic E-state index is 12.1. The normalized spacial score (nSPS) is 22.6. The number of nitrogen functional groups attached to an aromatic ring is 1. The van der Waals surface area contributed by atoms with Crippen LogP contribution in [0.4, 0.5) is 5.69 Å². The standard InChI is InChI=1S/C14H20N6O/c1-17-14(16)20-11-4-2-3-10(7-11)19-13(21)12-6-5-9(15)8-18-12/h5-6,8,10-11H,1-4,7,15H2,(H2,16,20)(H,19,21)/t10-,11+/m0/s1. The zero-order chi connectivity index (χ0) is 15.2. The van der Waals surface area contributed by atoms with Crippen molar-refractivity contribution in [1.29, 1.82) is 0 Å². The summed E-state index contributed by atoms with van der Waals surface area (Å²) in [7, 11) is 0. The van der Waals surface area contributed by atoms with E-state index in [9.17, 15) is 4.79 Å². The molecule has 7 heteroatoms. The molecular formula is C14H20N6O. The largest absolute Gasteiger partial charge is 0.397 e. The van der Waals surface area contributed by atoms with Crippen LogP contribution >= 0.6 is 0 Å². The second-order valence-corrected chi connectivity index (χ2v) is 5.11. The van der Waals surface area contributed by atoms with Gasteiger partial charge in [0.25, 0.3) is 5.91 Å². The van der Waals surface area contributed by atoms with Crippen molar-refractivity contribution in [3.63, 3.8) is 0 Å². The van der Waals surface area contributed by atoms with Gasteiger partial charge in [-0.1, -0.05) is 0 Å². The van der Waals surface area contributed by atoms with Gasteiger partial charge >= 0.3 is 0 Å².